The lowest BCUT2D eigenvalue weighted by atomic mass is 9.69. The Morgan fingerprint density at radius 2 is 1.42 bits per heavy atom. The molecule has 0 spiro atoms. The zero-order chi connectivity index (χ0) is 18.2. The molecule has 0 bridgehead atoms. The van der Waals surface area contributed by atoms with Gasteiger partial charge in [-0.1, -0.05) is 63.5 Å². The fourth-order valence-corrected chi connectivity index (χ4v) is 5.01. The van der Waals surface area contributed by atoms with Crippen LogP contribution in [0.25, 0.3) is 0 Å². The van der Waals surface area contributed by atoms with E-state index in [2.05, 4.69) is 50.0 Å². The van der Waals surface area contributed by atoms with Gasteiger partial charge in [0, 0.05) is 11.5 Å². The van der Waals surface area contributed by atoms with Crippen molar-refractivity contribution in [2.24, 2.45) is 23.7 Å². The lowest BCUT2D eigenvalue weighted by Gasteiger charge is -2.36. The van der Waals surface area contributed by atoms with Crippen molar-refractivity contribution >= 4 is 0 Å². The van der Waals surface area contributed by atoms with E-state index in [1.165, 1.54) is 88.2 Å². The smallest absolute Gasteiger partial charge is 0.0245 e. The van der Waals surface area contributed by atoms with Crippen LogP contribution in [0.5, 0.6) is 0 Å². The maximum absolute atomic E-state index is 3.59. The van der Waals surface area contributed by atoms with Gasteiger partial charge in [0.25, 0.3) is 0 Å². The second kappa shape index (κ2) is 10.2. The first-order valence-electron chi connectivity index (χ1n) is 11.3. The molecule has 142 valence electrons. The molecule has 0 aromatic heterocycles. The Hall–Kier alpha value is -1.22. The minimum atomic E-state index is 0.637. The van der Waals surface area contributed by atoms with Gasteiger partial charge in [-0.15, -0.1) is 0 Å². The van der Waals surface area contributed by atoms with Crippen molar-refractivity contribution in [3.63, 3.8) is 0 Å². The lowest BCUT2D eigenvalue weighted by molar-refractivity contribution is 0.162. The van der Waals surface area contributed by atoms with Crippen molar-refractivity contribution in [3.05, 3.63) is 35.4 Å². The molecular formula is C26H38. The standard InChI is InChI=1S/C26H38/c1-3-4-5-6-22-9-11-23(12-10-22)13-14-24-15-19-26(20-16-24)25-17-7-21(2)8-18-25/h9-12,21,24-26H,3-8,15-20H2,1-2H3. The quantitative estimate of drug-likeness (QED) is 0.383. The van der Waals surface area contributed by atoms with Crippen LogP contribution in [0.4, 0.5) is 0 Å². The molecule has 0 atom stereocenters. The number of unbranched alkanes of at least 4 members (excludes halogenated alkanes) is 2. The van der Waals surface area contributed by atoms with Gasteiger partial charge in [0.1, 0.15) is 0 Å². The maximum atomic E-state index is 3.59. The number of hydrogen-bond donors (Lipinski definition) is 0. The van der Waals surface area contributed by atoms with Crippen LogP contribution in [0, 0.1) is 35.5 Å². The predicted octanol–water partition coefficient (Wildman–Crippen LogP) is 7.40. The average molecular weight is 351 g/mol. The van der Waals surface area contributed by atoms with Gasteiger partial charge >= 0.3 is 0 Å². The summed E-state index contributed by atoms with van der Waals surface area (Å²) < 4.78 is 0. The fraction of sp³-hybridized carbons (Fsp3) is 0.692. The molecule has 0 heteroatoms. The van der Waals surface area contributed by atoms with Crippen LogP contribution in [0.15, 0.2) is 24.3 Å². The third kappa shape index (κ3) is 5.90. The van der Waals surface area contributed by atoms with Gasteiger partial charge in [-0.3, -0.25) is 0 Å². The topological polar surface area (TPSA) is 0 Å². The third-order valence-corrected chi connectivity index (χ3v) is 6.94. The molecule has 2 saturated carbocycles. The van der Waals surface area contributed by atoms with Crippen molar-refractivity contribution < 1.29 is 0 Å². The summed E-state index contributed by atoms with van der Waals surface area (Å²) in [6, 6.07) is 9.01. The Bertz CT molecular complexity index is 569. The van der Waals surface area contributed by atoms with Gasteiger partial charge in [0.2, 0.25) is 0 Å². The van der Waals surface area contributed by atoms with E-state index in [0.29, 0.717) is 5.92 Å². The Kier molecular flexibility index (Phi) is 7.67. The first kappa shape index (κ1) is 19.5. The van der Waals surface area contributed by atoms with Crippen LogP contribution in [-0.2, 0) is 6.42 Å². The maximum Gasteiger partial charge on any atom is 0.0245 e. The number of hydrogen-bond acceptors (Lipinski definition) is 0. The molecule has 3 rings (SSSR count). The summed E-state index contributed by atoms with van der Waals surface area (Å²) >= 11 is 0. The molecule has 1 aromatic rings. The highest BCUT2D eigenvalue weighted by molar-refractivity contribution is 5.36. The van der Waals surface area contributed by atoms with Crippen molar-refractivity contribution in [2.45, 2.75) is 90.9 Å². The zero-order valence-electron chi connectivity index (χ0n) is 17.1. The Morgan fingerprint density at radius 1 is 0.808 bits per heavy atom. The average Bonchev–Trinajstić information content (AvgIpc) is 2.69. The summed E-state index contributed by atoms with van der Waals surface area (Å²) in [7, 11) is 0. The van der Waals surface area contributed by atoms with E-state index in [9.17, 15) is 0 Å². The Morgan fingerprint density at radius 3 is 2.04 bits per heavy atom. The second-order valence-electron chi connectivity index (χ2n) is 9.06. The van der Waals surface area contributed by atoms with Crippen molar-refractivity contribution in [1.82, 2.24) is 0 Å². The molecule has 2 aliphatic carbocycles. The minimum Gasteiger partial charge on any atom is -0.0945 e. The Balaban J connectivity index is 1.43. The van der Waals surface area contributed by atoms with Gasteiger partial charge in [-0.25, -0.2) is 0 Å². The summed E-state index contributed by atoms with van der Waals surface area (Å²) in [4.78, 5) is 0. The first-order valence-corrected chi connectivity index (χ1v) is 11.3. The molecule has 0 radical (unpaired) electrons. The van der Waals surface area contributed by atoms with E-state index < -0.39 is 0 Å². The molecule has 0 amide bonds. The summed E-state index contributed by atoms with van der Waals surface area (Å²) in [6.45, 7) is 4.70. The van der Waals surface area contributed by atoms with E-state index in [1.54, 1.807) is 0 Å². The van der Waals surface area contributed by atoms with Crippen LogP contribution in [-0.4, -0.2) is 0 Å². The highest BCUT2D eigenvalue weighted by Crippen LogP contribution is 2.41. The van der Waals surface area contributed by atoms with E-state index in [4.69, 9.17) is 0 Å². The van der Waals surface area contributed by atoms with Gasteiger partial charge in [0.05, 0.1) is 0 Å². The number of rotatable bonds is 5. The highest BCUT2D eigenvalue weighted by Gasteiger charge is 2.29. The predicted molar refractivity (Wildman–Crippen MR) is 113 cm³/mol. The fourth-order valence-electron chi connectivity index (χ4n) is 5.01. The first-order chi connectivity index (χ1) is 12.7. The normalized spacial score (nSPS) is 29.0. The van der Waals surface area contributed by atoms with Gasteiger partial charge in [-0.05, 0) is 86.8 Å². The molecular weight excluding hydrogens is 312 g/mol. The molecule has 2 fully saturated rings. The number of benzene rings is 1. The zero-order valence-corrected chi connectivity index (χ0v) is 17.1. The Labute approximate surface area is 162 Å². The van der Waals surface area contributed by atoms with Crippen LogP contribution in [0.2, 0.25) is 0 Å². The van der Waals surface area contributed by atoms with Gasteiger partial charge in [-0.2, -0.15) is 0 Å². The van der Waals surface area contributed by atoms with Crippen LogP contribution in [0.1, 0.15) is 95.6 Å². The van der Waals surface area contributed by atoms with E-state index in [1.807, 2.05) is 0 Å². The van der Waals surface area contributed by atoms with Crippen molar-refractivity contribution in [3.8, 4) is 11.8 Å². The van der Waals surface area contributed by atoms with Crippen molar-refractivity contribution in [2.75, 3.05) is 0 Å². The number of aryl methyl sites for hydroxylation is 1. The van der Waals surface area contributed by atoms with Crippen LogP contribution >= 0.6 is 0 Å². The lowest BCUT2D eigenvalue weighted by Crippen LogP contribution is -2.24. The molecule has 0 nitrogen and oxygen atoms in total. The molecule has 0 unspecified atom stereocenters. The highest BCUT2D eigenvalue weighted by atomic mass is 14.3. The summed E-state index contributed by atoms with van der Waals surface area (Å²) in [5, 5.41) is 0. The van der Waals surface area contributed by atoms with Crippen LogP contribution in [0.3, 0.4) is 0 Å². The van der Waals surface area contributed by atoms with E-state index in [0.717, 1.165) is 17.8 Å². The molecule has 0 heterocycles. The monoisotopic (exact) mass is 350 g/mol. The summed E-state index contributed by atoms with van der Waals surface area (Å²) in [6.07, 6.45) is 16.6. The SMILES string of the molecule is CCCCCc1ccc(C#CC2CCC(C3CCC(C)CC3)CC2)cc1. The minimum absolute atomic E-state index is 0.637. The van der Waals surface area contributed by atoms with E-state index in [-0.39, 0.29) is 0 Å². The molecule has 0 N–H and O–H groups in total. The molecule has 2 aliphatic rings. The van der Waals surface area contributed by atoms with Gasteiger partial charge in [0.15, 0.2) is 0 Å². The summed E-state index contributed by atoms with van der Waals surface area (Å²) in [5.41, 5.74) is 2.67. The summed E-state index contributed by atoms with van der Waals surface area (Å²) in [5.74, 6) is 10.7. The van der Waals surface area contributed by atoms with E-state index >= 15 is 0 Å². The van der Waals surface area contributed by atoms with Crippen molar-refractivity contribution in [1.29, 1.82) is 0 Å². The third-order valence-electron chi connectivity index (χ3n) is 6.94. The molecule has 0 saturated heterocycles. The molecule has 1 aromatic carbocycles. The van der Waals surface area contributed by atoms with Gasteiger partial charge < -0.3 is 0 Å². The largest absolute Gasteiger partial charge is 0.0945 e. The van der Waals surface area contributed by atoms with Crippen LogP contribution < -0.4 is 0 Å². The molecule has 0 aliphatic heterocycles. The second-order valence-corrected chi connectivity index (χ2v) is 9.06. The molecule has 26 heavy (non-hydrogen) atoms.